The van der Waals surface area contributed by atoms with Crippen LogP contribution >= 0.6 is 0 Å². The molecule has 0 aliphatic heterocycles. The van der Waals surface area contributed by atoms with Gasteiger partial charge < -0.3 is 9.84 Å². The third kappa shape index (κ3) is 2.02. The molecule has 1 rings (SSSR count). The molecule has 0 heterocycles. The maximum Gasteiger partial charge on any atom is 0.339 e. The summed E-state index contributed by atoms with van der Waals surface area (Å²) in [5.41, 5.74) is 0.288. The van der Waals surface area contributed by atoms with E-state index in [-0.39, 0.29) is 23.5 Å². The molecule has 14 heavy (non-hydrogen) atoms. The summed E-state index contributed by atoms with van der Waals surface area (Å²) in [6, 6.07) is 5.75. The Labute approximate surface area is 81.4 Å². The van der Waals surface area contributed by atoms with E-state index in [1.807, 2.05) is 6.07 Å². The number of hydrogen-bond acceptors (Lipinski definition) is 4. The lowest BCUT2D eigenvalue weighted by Gasteiger charge is -2.03. The Bertz CT molecular complexity index is 393. The highest BCUT2D eigenvalue weighted by molar-refractivity contribution is 5.92. The van der Waals surface area contributed by atoms with Crippen molar-refractivity contribution in [2.75, 3.05) is 6.61 Å². The van der Waals surface area contributed by atoms with Gasteiger partial charge in [-0.3, -0.25) is 0 Å². The molecule has 0 fully saturated rings. The molecular formula is C10H9NO3. The smallest absolute Gasteiger partial charge is 0.339 e. The molecule has 1 aromatic carbocycles. The van der Waals surface area contributed by atoms with Gasteiger partial charge in [0.15, 0.2) is 0 Å². The maximum atomic E-state index is 11.3. The second kappa shape index (κ2) is 4.28. The van der Waals surface area contributed by atoms with E-state index in [0.717, 1.165) is 0 Å². The highest BCUT2D eigenvalue weighted by Crippen LogP contribution is 2.16. The molecule has 0 atom stereocenters. The Balaban J connectivity index is 3.09. The summed E-state index contributed by atoms with van der Waals surface area (Å²) in [6.45, 7) is 1.94. The van der Waals surface area contributed by atoms with Crippen LogP contribution in [0.25, 0.3) is 0 Å². The van der Waals surface area contributed by atoms with Gasteiger partial charge in [0.25, 0.3) is 0 Å². The average molecular weight is 191 g/mol. The Morgan fingerprint density at radius 1 is 1.64 bits per heavy atom. The number of ether oxygens (including phenoxy) is 1. The van der Waals surface area contributed by atoms with E-state index in [4.69, 9.17) is 15.1 Å². The molecule has 1 N–H and O–H groups in total. The minimum atomic E-state index is -0.552. The molecule has 0 aliphatic rings. The van der Waals surface area contributed by atoms with E-state index in [0.29, 0.717) is 0 Å². The van der Waals surface area contributed by atoms with Crippen molar-refractivity contribution in [2.45, 2.75) is 6.92 Å². The van der Waals surface area contributed by atoms with Crippen LogP contribution in [-0.4, -0.2) is 17.7 Å². The lowest BCUT2D eigenvalue weighted by Crippen LogP contribution is -2.06. The Morgan fingerprint density at radius 3 is 2.93 bits per heavy atom. The fourth-order valence-electron chi connectivity index (χ4n) is 1.01. The molecule has 0 saturated heterocycles. The van der Waals surface area contributed by atoms with Crippen molar-refractivity contribution in [1.82, 2.24) is 0 Å². The molecule has 0 radical (unpaired) electrons. The quantitative estimate of drug-likeness (QED) is 0.718. The van der Waals surface area contributed by atoms with Crippen LogP contribution in [0.1, 0.15) is 22.8 Å². The zero-order chi connectivity index (χ0) is 10.6. The van der Waals surface area contributed by atoms with Gasteiger partial charge in [-0.1, -0.05) is 0 Å². The zero-order valence-electron chi connectivity index (χ0n) is 7.65. The van der Waals surface area contributed by atoms with E-state index in [9.17, 15) is 4.79 Å². The number of rotatable bonds is 2. The highest BCUT2D eigenvalue weighted by Gasteiger charge is 2.12. The van der Waals surface area contributed by atoms with Crippen molar-refractivity contribution in [1.29, 1.82) is 5.26 Å². The van der Waals surface area contributed by atoms with Gasteiger partial charge in [-0.05, 0) is 25.1 Å². The molecule has 4 nitrogen and oxygen atoms in total. The van der Waals surface area contributed by atoms with Crippen molar-refractivity contribution < 1.29 is 14.6 Å². The molecule has 0 unspecified atom stereocenters. The molecule has 4 heteroatoms. The number of benzene rings is 1. The monoisotopic (exact) mass is 191 g/mol. The second-order valence-electron chi connectivity index (χ2n) is 2.56. The van der Waals surface area contributed by atoms with E-state index in [2.05, 4.69) is 0 Å². The first-order valence-electron chi connectivity index (χ1n) is 4.09. The van der Waals surface area contributed by atoms with Crippen molar-refractivity contribution in [3.63, 3.8) is 0 Å². The number of carbonyl (C=O) groups excluding carboxylic acids is 1. The highest BCUT2D eigenvalue weighted by atomic mass is 16.5. The lowest BCUT2D eigenvalue weighted by atomic mass is 10.1. The normalized spacial score (nSPS) is 9.14. The molecule has 72 valence electrons. The number of hydrogen-bond donors (Lipinski definition) is 1. The fraction of sp³-hybridized carbons (Fsp3) is 0.200. The molecular weight excluding hydrogens is 182 g/mol. The van der Waals surface area contributed by atoms with Gasteiger partial charge in [0.05, 0.1) is 17.7 Å². The van der Waals surface area contributed by atoms with Crippen molar-refractivity contribution >= 4 is 5.97 Å². The summed E-state index contributed by atoms with van der Waals surface area (Å²) in [7, 11) is 0. The predicted octanol–water partition coefficient (Wildman–Crippen LogP) is 1.44. The van der Waals surface area contributed by atoms with Crippen molar-refractivity contribution in [2.24, 2.45) is 0 Å². The van der Waals surface area contributed by atoms with Crippen molar-refractivity contribution in [3.8, 4) is 11.8 Å². The van der Waals surface area contributed by atoms with Gasteiger partial charge in [-0.15, -0.1) is 0 Å². The first-order valence-corrected chi connectivity index (χ1v) is 4.09. The van der Waals surface area contributed by atoms with E-state index < -0.39 is 5.97 Å². The van der Waals surface area contributed by atoms with E-state index in [1.165, 1.54) is 18.2 Å². The first kappa shape index (κ1) is 10.1. The van der Waals surface area contributed by atoms with Gasteiger partial charge in [-0.25, -0.2) is 4.79 Å². The van der Waals surface area contributed by atoms with Crippen LogP contribution < -0.4 is 0 Å². The Hall–Kier alpha value is -2.02. The molecule has 0 amide bonds. The summed E-state index contributed by atoms with van der Waals surface area (Å²) in [4.78, 5) is 11.3. The molecule has 0 aromatic heterocycles. The van der Waals surface area contributed by atoms with Crippen LogP contribution in [0, 0.1) is 11.3 Å². The number of nitrogens with zero attached hydrogens (tertiary/aromatic N) is 1. The molecule has 0 spiro atoms. The molecule has 0 bridgehead atoms. The number of esters is 1. The minimum absolute atomic E-state index is 0.0467. The summed E-state index contributed by atoms with van der Waals surface area (Å²) in [5, 5.41) is 17.8. The van der Waals surface area contributed by atoms with Crippen molar-refractivity contribution in [3.05, 3.63) is 29.3 Å². The third-order valence-corrected chi connectivity index (χ3v) is 1.62. The number of aromatic hydroxyl groups is 1. The van der Waals surface area contributed by atoms with Crippen LogP contribution in [0.5, 0.6) is 5.75 Å². The van der Waals surface area contributed by atoms with Gasteiger partial charge in [0.1, 0.15) is 11.8 Å². The number of phenolic OH excluding ortho intramolecular Hbond substituents is 1. The predicted molar refractivity (Wildman–Crippen MR) is 48.8 cm³/mol. The Morgan fingerprint density at radius 2 is 2.36 bits per heavy atom. The van der Waals surface area contributed by atoms with Crippen LogP contribution in [-0.2, 0) is 4.74 Å². The lowest BCUT2D eigenvalue weighted by molar-refractivity contribution is 0.0526. The third-order valence-electron chi connectivity index (χ3n) is 1.62. The second-order valence-corrected chi connectivity index (χ2v) is 2.56. The summed E-state index contributed by atoms with van der Waals surface area (Å²) in [5.74, 6) is -0.598. The zero-order valence-corrected chi connectivity index (χ0v) is 7.65. The SMILES string of the molecule is CCOC(=O)c1ccc(O)cc1C#N. The summed E-state index contributed by atoms with van der Waals surface area (Å²) in [6.07, 6.45) is 0. The average Bonchev–Trinajstić information content (AvgIpc) is 2.17. The molecule has 0 aliphatic carbocycles. The molecule has 0 saturated carbocycles. The minimum Gasteiger partial charge on any atom is -0.508 e. The van der Waals surface area contributed by atoms with Gasteiger partial charge in [0.2, 0.25) is 0 Å². The number of nitriles is 1. The standard InChI is InChI=1S/C10H9NO3/c1-2-14-10(13)9-4-3-8(12)5-7(9)6-11/h3-5,12H,2H2,1H3. The summed E-state index contributed by atoms with van der Waals surface area (Å²) >= 11 is 0. The Kier molecular flexibility index (Phi) is 3.08. The van der Waals surface area contributed by atoms with Crippen LogP contribution in [0.15, 0.2) is 18.2 Å². The summed E-state index contributed by atoms with van der Waals surface area (Å²) < 4.78 is 4.74. The van der Waals surface area contributed by atoms with Crippen LogP contribution in [0.4, 0.5) is 0 Å². The largest absolute Gasteiger partial charge is 0.508 e. The van der Waals surface area contributed by atoms with E-state index >= 15 is 0 Å². The topological polar surface area (TPSA) is 70.3 Å². The molecule has 1 aromatic rings. The van der Waals surface area contributed by atoms with Gasteiger partial charge in [-0.2, -0.15) is 5.26 Å². The first-order chi connectivity index (χ1) is 6.69. The number of phenols is 1. The van der Waals surface area contributed by atoms with Gasteiger partial charge in [0, 0.05) is 0 Å². The van der Waals surface area contributed by atoms with Gasteiger partial charge >= 0.3 is 5.97 Å². The number of carbonyl (C=O) groups is 1. The van der Waals surface area contributed by atoms with E-state index in [1.54, 1.807) is 6.92 Å². The maximum absolute atomic E-state index is 11.3. The van der Waals surface area contributed by atoms with Crippen LogP contribution in [0.2, 0.25) is 0 Å². The van der Waals surface area contributed by atoms with Crippen LogP contribution in [0.3, 0.4) is 0 Å². The fourth-order valence-corrected chi connectivity index (χ4v) is 1.01.